The maximum atomic E-state index is 5.72. The highest BCUT2D eigenvalue weighted by Crippen LogP contribution is 2.32. The number of fused-ring (bicyclic) bond motifs is 1. The van der Waals surface area contributed by atoms with Crippen LogP contribution in [0.25, 0.3) is 0 Å². The predicted octanol–water partition coefficient (Wildman–Crippen LogP) is 3.81. The van der Waals surface area contributed by atoms with Gasteiger partial charge in [-0.15, -0.1) is 0 Å². The number of benzene rings is 2. The van der Waals surface area contributed by atoms with Crippen molar-refractivity contribution in [2.45, 2.75) is 32.9 Å². The van der Waals surface area contributed by atoms with Gasteiger partial charge < -0.3 is 34.3 Å². The molecule has 0 aromatic heterocycles. The fraction of sp³-hybridized carbons (Fsp3) is 0.458. The third-order valence-electron chi connectivity index (χ3n) is 4.54. The molecule has 0 amide bonds. The second kappa shape index (κ2) is 12.8. The van der Waals surface area contributed by atoms with Crippen LogP contribution in [-0.2, 0) is 16.0 Å². The number of aliphatic imine (C=N–C) groups is 1. The molecule has 0 unspecified atom stereocenters. The summed E-state index contributed by atoms with van der Waals surface area (Å²) in [5.41, 5.74) is 1.97. The van der Waals surface area contributed by atoms with Crippen LogP contribution in [0.2, 0.25) is 0 Å². The van der Waals surface area contributed by atoms with E-state index < -0.39 is 0 Å². The Morgan fingerprint density at radius 3 is 2.62 bits per heavy atom. The molecule has 3 rings (SSSR count). The van der Waals surface area contributed by atoms with Crippen LogP contribution in [0.4, 0.5) is 5.69 Å². The van der Waals surface area contributed by atoms with Crippen LogP contribution in [0, 0.1) is 0 Å². The zero-order valence-electron chi connectivity index (χ0n) is 19.1. The lowest BCUT2D eigenvalue weighted by Crippen LogP contribution is -2.32. The SMILES string of the molecule is COCCOCCCNC(=NCc1ccc2c(c1)OCO2)Nc1ccc(OC(C)C)cc1. The molecule has 1 aliphatic heterocycles. The van der Waals surface area contributed by atoms with Gasteiger partial charge in [-0.25, -0.2) is 4.99 Å². The van der Waals surface area contributed by atoms with Crippen molar-refractivity contribution in [2.75, 3.05) is 45.6 Å². The Balaban J connectivity index is 1.58. The van der Waals surface area contributed by atoms with E-state index in [1.807, 2.05) is 56.3 Å². The third-order valence-corrected chi connectivity index (χ3v) is 4.54. The average molecular weight is 444 g/mol. The zero-order valence-corrected chi connectivity index (χ0v) is 19.1. The van der Waals surface area contributed by atoms with Crippen molar-refractivity contribution in [2.24, 2.45) is 4.99 Å². The highest BCUT2D eigenvalue weighted by molar-refractivity contribution is 5.93. The maximum absolute atomic E-state index is 5.72. The van der Waals surface area contributed by atoms with Crippen LogP contribution < -0.4 is 24.8 Å². The average Bonchev–Trinajstić information content (AvgIpc) is 3.25. The number of methoxy groups -OCH3 is 1. The van der Waals surface area contributed by atoms with Gasteiger partial charge >= 0.3 is 0 Å². The summed E-state index contributed by atoms with van der Waals surface area (Å²) in [5, 5.41) is 6.73. The van der Waals surface area contributed by atoms with Crippen molar-refractivity contribution < 1.29 is 23.7 Å². The second-order valence-electron chi connectivity index (χ2n) is 7.55. The molecule has 174 valence electrons. The Kier molecular flexibility index (Phi) is 9.46. The van der Waals surface area contributed by atoms with Gasteiger partial charge in [0.05, 0.1) is 25.9 Å². The second-order valence-corrected chi connectivity index (χ2v) is 7.55. The van der Waals surface area contributed by atoms with E-state index in [2.05, 4.69) is 10.6 Å². The summed E-state index contributed by atoms with van der Waals surface area (Å²) < 4.78 is 27.1. The van der Waals surface area contributed by atoms with Crippen molar-refractivity contribution in [3.8, 4) is 17.2 Å². The fourth-order valence-corrected chi connectivity index (χ4v) is 3.00. The Bertz CT molecular complexity index is 855. The monoisotopic (exact) mass is 443 g/mol. The summed E-state index contributed by atoms with van der Waals surface area (Å²) >= 11 is 0. The highest BCUT2D eigenvalue weighted by Gasteiger charge is 2.13. The highest BCUT2D eigenvalue weighted by atomic mass is 16.7. The van der Waals surface area contributed by atoms with Gasteiger partial charge in [0.2, 0.25) is 6.79 Å². The molecule has 0 saturated carbocycles. The molecule has 1 aliphatic rings. The number of guanidine groups is 1. The largest absolute Gasteiger partial charge is 0.491 e. The first-order valence-electron chi connectivity index (χ1n) is 10.9. The molecule has 0 saturated heterocycles. The topological polar surface area (TPSA) is 82.6 Å². The molecule has 2 aromatic rings. The van der Waals surface area contributed by atoms with Crippen molar-refractivity contribution in [1.82, 2.24) is 5.32 Å². The predicted molar refractivity (Wildman–Crippen MR) is 125 cm³/mol. The summed E-state index contributed by atoms with van der Waals surface area (Å²) in [6.45, 7) is 7.38. The first-order valence-corrected chi connectivity index (χ1v) is 10.9. The Labute approximate surface area is 189 Å². The first-order chi connectivity index (χ1) is 15.6. The molecule has 0 bridgehead atoms. The lowest BCUT2D eigenvalue weighted by Gasteiger charge is -2.14. The molecule has 8 nitrogen and oxygen atoms in total. The van der Waals surface area contributed by atoms with Crippen molar-refractivity contribution in [3.05, 3.63) is 48.0 Å². The van der Waals surface area contributed by atoms with E-state index in [0.717, 1.165) is 41.5 Å². The van der Waals surface area contributed by atoms with Crippen molar-refractivity contribution in [1.29, 1.82) is 0 Å². The number of hydrogen-bond acceptors (Lipinski definition) is 6. The van der Waals surface area contributed by atoms with Gasteiger partial charge in [0, 0.05) is 25.9 Å². The van der Waals surface area contributed by atoms with Gasteiger partial charge in [0.25, 0.3) is 0 Å². The lowest BCUT2D eigenvalue weighted by atomic mass is 10.2. The van der Waals surface area contributed by atoms with Gasteiger partial charge in [-0.1, -0.05) is 6.07 Å². The number of nitrogens with one attached hydrogen (secondary N) is 2. The lowest BCUT2D eigenvalue weighted by molar-refractivity contribution is 0.0699. The quantitative estimate of drug-likeness (QED) is 0.293. The summed E-state index contributed by atoms with van der Waals surface area (Å²) in [7, 11) is 1.67. The van der Waals surface area contributed by atoms with Crippen LogP contribution in [0.1, 0.15) is 25.8 Å². The minimum Gasteiger partial charge on any atom is -0.491 e. The van der Waals surface area contributed by atoms with Crippen LogP contribution in [0.3, 0.4) is 0 Å². The molecule has 0 spiro atoms. The normalized spacial score (nSPS) is 12.8. The van der Waals surface area contributed by atoms with Gasteiger partial charge in [-0.2, -0.15) is 0 Å². The number of hydrogen-bond donors (Lipinski definition) is 2. The molecular formula is C24H33N3O5. The van der Waals surface area contributed by atoms with E-state index in [9.17, 15) is 0 Å². The van der Waals surface area contributed by atoms with Gasteiger partial charge in [-0.05, 0) is 62.2 Å². The van der Waals surface area contributed by atoms with Crippen LogP contribution in [0.15, 0.2) is 47.5 Å². The van der Waals surface area contributed by atoms with E-state index in [4.69, 9.17) is 28.7 Å². The molecule has 2 aromatic carbocycles. The van der Waals surface area contributed by atoms with Crippen LogP contribution >= 0.6 is 0 Å². The Hall–Kier alpha value is -2.97. The van der Waals surface area contributed by atoms with E-state index in [-0.39, 0.29) is 12.9 Å². The summed E-state index contributed by atoms with van der Waals surface area (Å²) in [5.74, 6) is 3.06. The molecule has 32 heavy (non-hydrogen) atoms. The van der Waals surface area contributed by atoms with Gasteiger partial charge in [-0.3, -0.25) is 0 Å². The van der Waals surface area contributed by atoms with Gasteiger partial charge in [0.1, 0.15) is 5.75 Å². The van der Waals surface area contributed by atoms with E-state index in [1.54, 1.807) is 7.11 Å². The van der Waals surface area contributed by atoms with Crippen molar-refractivity contribution >= 4 is 11.6 Å². The first kappa shape index (κ1) is 23.7. The summed E-state index contributed by atoms with van der Waals surface area (Å²) in [6, 6.07) is 13.7. The summed E-state index contributed by atoms with van der Waals surface area (Å²) in [6.07, 6.45) is 0.996. The number of nitrogens with zero attached hydrogens (tertiary/aromatic N) is 1. The molecule has 2 N–H and O–H groups in total. The molecular weight excluding hydrogens is 410 g/mol. The van der Waals surface area contributed by atoms with Crippen molar-refractivity contribution in [3.63, 3.8) is 0 Å². The number of ether oxygens (including phenoxy) is 5. The molecule has 8 heteroatoms. The van der Waals surface area contributed by atoms with E-state index in [1.165, 1.54) is 0 Å². The maximum Gasteiger partial charge on any atom is 0.231 e. The molecule has 0 aliphatic carbocycles. The van der Waals surface area contributed by atoms with Gasteiger partial charge in [0.15, 0.2) is 17.5 Å². The molecule has 0 atom stereocenters. The standard InChI is InChI=1S/C24H33N3O5/c1-18(2)32-21-8-6-20(7-9-21)27-24(25-11-4-12-29-14-13-28-3)26-16-19-5-10-22-23(15-19)31-17-30-22/h5-10,15,18H,4,11-14,16-17H2,1-3H3,(H2,25,26,27). The third kappa shape index (κ3) is 7.94. The smallest absolute Gasteiger partial charge is 0.231 e. The molecule has 1 heterocycles. The summed E-state index contributed by atoms with van der Waals surface area (Å²) in [4.78, 5) is 4.74. The zero-order chi connectivity index (χ0) is 22.6. The van der Waals surface area contributed by atoms with E-state index >= 15 is 0 Å². The van der Waals surface area contributed by atoms with E-state index in [0.29, 0.717) is 32.3 Å². The number of anilines is 1. The minimum atomic E-state index is 0.139. The van der Waals surface area contributed by atoms with Crippen LogP contribution in [-0.4, -0.2) is 52.3 Å². The Morgan fingerprint density at radius 2 is 1.84 bits per heavy atom. The molecule has 0 fully saturated rings. The number of rotatable bonds is 12. The molecule has 0 radical (unpaired) electrons. The Morgan fingerprint density at radius 1 is 1.03 bits per heavy atom. The minimum absolute atomic E-state index is 0.139. The fourth-order valence-electron chi connectivity index (χ4n) is 3.00. The van der Waals surface area contributed by atoms with Crippen LogP contribution in [0.5, 0.6) is 17.2 Å².